The summed E-state index contributed by atoms with van der Waals surface area (Å²) in [5, 5.41) is 6.37. The Labute approximate surface area is 141 Å². The number of sulfonamides is 1. The van der Waals surface area contributed by atoms with Crippen LogP contribution in [0.15, 0.2) is 27.6 Å². The van der Waals surface area contributed by atoms with E-state index in [0.29, 0.717) is 5.69 Å². The molecule has 0 aliphatic heterocycles. The van der Waals surface area contributed by atoms with Crippen molar-refractivity contribution in [2.75, 3.05) is 5.32 Å². The van der Waals surface area contributed by atoms with Crippen molar-refractivity contribution in [3.63, 3.8) is 0 Å². The summed E-state index contributed by atoms with van der Waals surface area (Å²) in [6.45, 7) is 8.31. The minimum absolute atomic E-state index is 0.0334. The van der Waals surface area contributed by atoms with Crippen molar-refractivity contribution in [2.24, 2.45) is 0 Å². The van der Waals surface area contributed by atoms with E-state index >= 15 is 0 Å². The van der Waals surface area contributed by atoms with Gasteiger partial charge in [-0.05, 0) is 51.8 Å². The monoisotopic (exact) mass is 351 g/mol. The molecular formula is C16H21N3O4S. The highest BCUT2D eigenvalue weighted by molar-refractivity contribution is 7.89. The quantitative estimate of drug-likeness (QED) is 0.860. The maximum atomic E-state index is 12.4. The second-order valence-corrected chi connectivity index (χ2v) is 7.45. The summed E-state index contributed by atoms with van der Waals surface area (Å²) in [5.41, 5.74) is 2.81. The van der Waals surface area contributed by atoms with Crippen molar-refractivity contribution < 1.29 is 17.7 Å². The van der Waals surface area contributed by atoms with E-state index in [1.54, 1.807) is 0 Å². The van der Waals surface area contributed by atoms with Gasteiger partial charge in [-0.25, -0.2) is 8.42 Å². The Morgan fingerprint density at radius 3 is 2.46 bits per heavy atom. The topological polar surface area (TPSA) is 101 Å². The summed E-state index contributed by atoms with van der Waals surface area (Å²) in [6, 6.07) is 4.71. The summed E-state index contributed by atoms with van der Waals surface area (Å²) in [7, 11) is -3.90. The number of aryl methyl sites for hydroxylation is 4. The van der Waals surface area contributed by atoms with Crippen LogP contribution in [0.5, 0.6) is 0 Å². The van der Waals surface area contributed by atoms with Gasteiger partial charge >= 0.3 is 0 Å². The largest absolute Gasteiger partial charge is 0.360 e. The van der Waals surface area contributed by atoms with Crippen LogP contribution in [0.4, 0.5) is 5.69 Å². The third-order valence-corrected chi connectivity index (χ3v) is 5.40. The maximum absolute atomic E-state index is 12.4. The van der Waals surface area contributed by atoms with Crippen molar-refractivity contribution in [3.8, 4) is 0 Å². The minimum atomic E-state index is -3.90. The van der Waals surface area contributed by atoms with Crippen LogP contribution >= 0.6 is 0 Å². The smallest absolute Gasteiger partial charge is 0.246 e. The third kappa shape index (κ3) is 3.82. The van der Waals surface area contributed by atoms with Crippen molar-refractivity contribution in [3.05, 3.63) is 40.8 Å². The maximum Gasteiger partial charge on any atom is 0.246 e. The highest BCUT2D eigenvalue weighted by Gasteiger charge is 2.28. The number of amides is 1. The van der Waals surface area contributed by atoms with Gasteiger partial charge < -0.3 is 9.84 Å². The van der Waals surface area contributed by atoms with Gasteiger partial charge in [0.2, 0.25) is 15.9 Å². The number of carbonyl (C=O) groups excluding carboxylic acids is 1. The van der Waals surface area contributed by atoms with Gasteiger partial charge in [0.15, 0.2) is 5.76 Å². The van der Waals surface area contributed by atoms with Crippen LogP contribution in [0.25, 0.3) is 0 Å². The van der Waals surface area contributed by atoms with E-state index in [2.05, 4.69) is 15.2 Å². The van der Waals surface area contributed by atoms with Crippen LogP contribution in [0, 0.1) is 27.7 Å². The molecule has 0 aliphatic rings. The number of hydrogen-bond acceptors (Lipinski definition) is 5. The molecule has 0 aliphatic carbocycles. The lowest BCUT2D eigenvalue weighted by Crippen LogP contribution is -2.41. The predicted octanol–water partition coefficient (Wildman–Crippen LogP) is 2.21. The summed E-state index contributed by atoms with van der Waals surface area (Å²) >= 11 is 0. The molecule has 0 radical (unpaired) electrons. The summed E-state index contributed by atoms with van der Waals surface area (Å²) in [4.78, 5) is 12.3. The molecule has 1 atom stereocenters. The second kappa shape index (κ2) is 6.74. The molecule has 0 fully saturated rings. The summed E-state index contributed by atoms with van der Waals surface area (Å²) < 4.78 is 32.1. The molecule has 7 nitrogen and oxygen atoms in total. The van der Waals surface area contributed by atoms with E-state index in [1.807, 2.05) is 32.0 Å². The standard InChI is InChI=1S/C16H21N3O4S/c1-9-6-7-10(2)14(8-9)17-16(20)12(4)19-24(21,22)15-11(3)18-23-13(15)5/h6-8,12,19H,1-5H3,(H,17,20)/t12-/m0/s1. The summed E-state index contributed by atoms with van der Waals surface area (Å²) in [5.74, 6) is -0.263. The molecule has 2 N–H and O–H groups in total. The van der Waals surface area contributed by atoms with E-state index in [1.165, 1.54) is 20.8 Å². The first-order chi connectivity index (χ1) is 11.1. The molecule has 2 rings (SSSR count). The lowest BCUT2D eigenvalue weighted by molar-refractivity contribution is -0.117. The molecule has 0 saturated heterocycles. The van der Waals surface area contributed by atoms with Crippen molar-refractivity contribution in [1.82, 2.24) is 9.88 Å². The average molecular weight is 351 g/mol. The molecule has 1 aromatic carbocycles. The van der Waals surface area contributed by atoms with E-state index in [4.69, 9.17) is 4.52 Å². The van der Waals surface area contributed by atoms with Crippen LogP contribution < -0.4 is 10.0 Å². The Morgan fingerprint density at radius 2 is 1.88 bits per heavy atom. The third-order valence-electron chi connectivity index (χ3n) is 3.61. The average Bonchev–Trinajstić information content (AvgIpc) is 2.82. The number of nitrogens with zero attached hydrogens (tertiary/aromatic N) is 1. The van der Waals surface area contributed by atoms with Gasteiger partial charge in [-0.3, -0.25) is 4.79 Å². The van der Waals surface area contributed by atoms with Gasteiger partial charge in [-0.1, -0.05) is 17.3 Å². The Bertz CT molecular complexity index is 852. The normalized spacial score (nSPS) is 12.9. The predicted molar refractivity (Wildman–Crippen MR) is 90.3 cm³/mol. The molecule has 24 heavy (non-hydrogen) atoms. The van der Waals surface area contributed by atoms with Gasteiger partial charge in [0.25, 0.3) is 0 Å². The number of benzene rings is 1. The summed E-state index contributed by atoms with van der Waals surface area (Å²) in [6.07, 6.45) is 0. The fraction of sp³-hybridized carbons (Fsp3) is 0.375. The highest BCUT2D eigenvalue weighted by Crippen LogP contribution is 2.20. The second-order valence-electron chi connectivity index (χ2n) is 5.80. The molecule has 2 aromatic rings. The van der Waals surface area contributed by atoms with E-state index < -0.39 is 22.0 Å². The number of anilines is 1. The fourth-order valence-corrected chi connectivity index (χ4v) is 3.85. The van der Waals surface area contributed by atoms with Crippen LogP contribution in [0.3, 0.4) is 0 Å². The lowest BCUT2D eigenvalue weighted by atomic mass is 10.1. The van der Waals surface area contributed by atoms with E-state index in [9.17, 15) is 13.2 Å². The highest BCUT2D eigenvalue weighted by atomic mass is 32.2. The molecule has 1 heterocycles. The molecule has 8 heteroatoms. The Kier molecular flexibility index (Phi) is 5.10. The SMILES string of the molecule is Cc1ccc(C)c(NC(=O)[C@H](C)NS(=O)(=O)c2c(C)noc2C)c1. The van der Waals surface area contributed by atoms with Gasteiger partial charge in [-0.2, -0.15) is 4.72 Å². The molecule has 0 spiro atoms. The Balaban J connectivity index is 2.16. The van der Waals surface area contributed by atoms with Crippen LogP contribution in [0.2, 0.25) is 0 Å². The van der Waals surface area contributed by atoms with E-state index in [-0.39, 0.29) is 16.3 Å². The van der Waals surface area contributed by atoms with Crippen LogP contribution in [-0.4, -0.2) is 25.5 Å². The minimum Gasteiger partial charge on any atom is -0.360 e. The van der Waals surface area contributed by atoms with Gasteiger partial charge in [0, 0.05) is 5.69 Å². The van der Waals surface area contributed by atoms with Gasteiger partial charge in [0.1, 0.15) is 10.6 Å². The lowest BCUT2D eigenvalue weighted by Gasteiger charge is -2.15. The van der Waals surface area contributed by atoms with Gasteiger partial charge in [-0.15, -0.1) is 0 Å². The Hall–Kier alpha value is -2.19. The zero-order chi connectivity index (χ0) is 18.1. The Morgan fingerprint density at radius 1 is 1.21 bits per heavy atom. The molecule has 130 valence electrons. The first kappa shape index (κ1) is 18.2. The van der Waals surface area contributed by atoms with Gasteiger partial charge in [0.05, 0.1) is 6.04 Å². The molecule has 0 unspecified atom stereocenters. The first-order valence-corrected chi connectivity index (χ1v) is 8.93. The molecule has 1 amide bonds. The van der Waals surface area contributed by atoms with Crippen LogP contribution in [0.1, 0.15) is 29.5 Å². The number of carbonyl (C=O) groups is 1. The van der Waals surface area contributed by atoms with E-state index in [0.717, 1.165) is 11.1 Å². The van der Waals surface area contributed by atoms with Crippen LogP contribution in [-0.2, 0) is 14.8 Å². The fourth-order valence-electron chi connectivity index (χ4n) is 2.31. The molecule has 1 aromatic heterocycles. The van der Waals surface area contributed by atoms with Crippen molar-refractivity contribution in [1.29, 1.82) is 0 Å². The molecule has 0 bridgehead atoms. The number of nitrogens with one attached hydrogen (secondary N) is 2. The molecular weight excluding hydrogens is 330 g/mol. The zero-order valence-corrected chi connectivity index (χ0v) is 15.1. The number of rotatable bonds is 5. The van der Waals surface area contributed by atoms with Crippen molar-refractivity contribution in [2.45, 2.75) is 45.6 Å². The zero-order valence-electron chi connectivity index (χ0n) is 14.3. The first-order valence-electron chi connectivity index (χ1n) is 7.45. The number of aromatic nitrogens is 1. The number of hydrogen-bond donors (Lipinski definition) is 2. The molecule has 0 saturated carbocycles. The van der Waals surface area contributed by atoms with Crippen molar-refractivity contribution >= 4 is 21.6 Å².